The van der Waals surface area contributed by atoms with Crippen LogP contribution in [-0.2, 0) is 4.79 Å². The lowest BCUT2D eigenvalue weighted by Crippen LogP contribution is -2.14. The van der Waals surface area contributed by atoms with Crippen molar-refractivity contribution in [3.63, 3.8) is 0 Å². The standard InChI is InChI=1S/C17H17ClN2O2/c1-2-5-16(21)19-14-8-3-6-12(10-14)17(22)20-15-9-4-7-13(18)11-15/h3-4,6-11H,2,5H2,1H3,(H,19,21)(H,20,22). The highest BCUT2D eigenvalue weighted by Crippen LogP contribution is 2.17. The normalized spacial score (nSPS) is 10.1. The topological polar surface area (TPSA) is 58.2 Å². The Morgan fingerprint density at radius 1 is 1.00 bits per heavy atom. The Kier molecular flexibility index (Phi) is 5.55. The molecule has 0 aliphatic carbocycles. The van der Waals surface area contributed by atoms with E-state index in [1.165, 1.54) is 0 Å². The van der Waals surface area contributed by atoms with Gasteiger partial charge in [0.05, 0.1) is 0 Å². The van der Waals surface area contributed by atoms with Crippen molar-refractivity contribution in [2.75, 3.05) is 10.6 Å². The first-order valence-corrected chi connectivity index (χ1v) is 7.43. The molecular weight excluding hydrogens is 300 g/mol. The molecule has 0 aliphatic heterocycles. The lowest BCUT2D eigenvalue weighted by atomic mass is 10.1. The van der Waals surface area contributed by atoms with Gasteiger partial charge in [-0.15, -0.1) is 0 Å². The molecule has 2 amide bonds. The highest BCUT2D eigenvalue weighted by Gasteiger charge is 2.08. The van der Waals surface area contributed by atoms with Gasteiger partial charge in [0.1, 0.15) is 0 Å². The van der Waals surface area contributed by atoms with Crippen LogP contribution in [0.15, 0.2) is 48.5 Å². The van der Waals surface area contributed by atoms with Crippen LogP contribution in [0.4, 0.5) is 11.4 Å². The molecule has 22 heavy (non-hydrogen) atoms. The summed E-state index contributed by atoms with van der Waals surface area (Å²) in [6.07, 6.45) is 1.24. The maximum Gasteiger partial charge on any atom is 0.255 e. The van der Waals surface area contributed by atoms with Crippen molar-refractivity contribution in [1.82, 2.24) is 0 Å². The molecule has 0 atom stereocenters. The summed E-state index contributed by atoms with van der Waals surface area (Å²) in [5, 5.41) is 6.09. The van der Waals surface area contributed by atoms with Crippen molar-refractivity contribution in [2.45, 2.75) is 19.8 Å². The number of benzene rings is 2. The second kappa shape index (κ2) is 7.61. The number of hydrogen-bond donors (Lipinski definition) is 2. The van der Waals surface area contributed by atoms with Crippen LogP contribution in [0.3, 0.4) is 0 Å². The summed E-state index contributed by atoms with van der Waals surface area (Å²) in [4.78, 5) is 23.8. The second-order valence-corrected chi connectivity index (χ2v) is 5.28. The SMILES string of the molecule is CCCC(=O)Nc1cccc(C(=O)Nc2cccc(Cl)c2)c1. The monoisotopic (exact) mass is 316 g/mol. The molecule has 2 aromatic carbocycles. The van der Waals surface area contributed by atoms with Crippen LogP contribution in [0.2, 0.25) is 5.02 Å². The summed E-state index contributed by atoms with van der Waals surface area (Å²) in [6, 6.07) is 13.8. The summed E-state index contributed by atoms with van der Waals surface area (Å²) < 4.78 is 0. The predicted molar refractivity (Wildman–Crippen MR) is 89.4 cm³/mol. The molecule has 0 bridgehead atoms. The molecule has 0 saturated heterocycles. The first kappa shape index (κ1) is 16.0. The number of carbonyl (C=O) groups excluding carboxylic acids is 2. The van der Waals surface area contributed by atoms with Crippen molar-refractivity contribution < 1.29 is 9.59 Å². The summed E-state index contributed by atoms with van der Waals surface area (Å²) in [5.41, 5.74) is 1.70. The first-order valence-electron chi connectivity index (χ1n) is 7.05. The van der Waals surface area contributed by atoms with E-state index in [2.05, 4.69) is 10.6 Å². The van der Waals surface area contributed by atoms with E-state index in [4.69, 9.17) is 11.6 Å². The lowest BCUT2D eigenvalue weighted by Gasteiger charge is -2.08. The Balaban J connectivity index is 2.08. The number of anilines is 2. The average Bonchev–Trinajstić information content (AvgIpc) is 2.47. The maximum absolute atomic E-state index is 12.2. The van der Waals surface area contributed by atoms with Gasteiger partial charge in [0.2, 0.25) is 5.91 Å². The van der Waals surface area contributed by atoms with Gasteiger partial charge in [-0.05, 0) is 42.8 Å². The van der Waals surface area contributed by atoms with Gasteiger partial charge < -0.3 is 10.6 Å². The smallest absolute Gasteiger partial charge is 0.255 e. The molecule has 0 spiro atoms. The number of hydrogen-bond acceptors (Lipinski definition) is 2. The van der Waals surface area contributed by atoms with Gasteiger partial charge in [-0.2, -0.15) is 0 Å². The molecule has 0 aromatic heterocycles. The zero-order valence-electron chi connectivity index (χ0n) is 12.2. The van der Waals surface area contributed by atoms with E-state index in [1.54, 1.807) is 48.5 Å². The van der Waals surface area contributed by atoms with Gasteiger partial charge in [-0.1, -0.05) is 30.7 Å². The molecule has 2 rings (SSSR count). The Morgan fingerprint density at radius 3 is 2.36 bits per heavy atom. The van der Waals surface area contributed by atoms with Crippen molar-refractivity contribution in [1.29, 1.82) is 0 Å². The third-order valence-corrected chi connectivity index (χ3v) is 3.20. The van der Waals surface area contributed by atoms with Gasteiger partial charge in [-0.25, -0.2) is 0 Å². The summed E-state index contributed by atoms with van der Waals surface area (Å²) >= 11 is 5.89. The lowest BCUT2D eigenvalue weighted by molar-refractivity contribution is -0.116. The van der Waals surface area contributed by atoms with Crippen molar-refractivity contribution >= 4 is 34.8 Å². The maximum atomic E-state index is 12.2. The Labute approximate surface area is 134 Å². The quantitative estimate of drug-likeness (QED) is 0.862. The Bertz CT molecular complexity index is 686. The van der Waals surface area contributed by atoms with Crippen LogP contribution in [0.5, 0.6) is 0 Å². The minimum absolute atomic E-state index is 0.0603. The molecule has 0 saturated carbocycles. The number of halogens is 1. The minimum Gasteiger partial charge on any atom is -0.326 e. The summed E-state index contributed by atoms with van der Waals surface area (Å²) in [6.45, 7) is 1.94. The van der Waals surface area contributed by atoms with Crippen LogP contribution in [0.25, 0.3) is 0 Å². The highest BCUT2D eigenvalue weighted by atomic mass is 35.5. The Hall–Kier alpha value is -2.33. The molecule has 0 heterocycles. The fourth-order valence-electron chi connectivity index (χ4n) is 1.96. The van der Waals surface area contributed by atoms with E-state index in [1.807, 2.05) is 6.92 Å². The largest absolute Gasteiger partial charge is 0.326 e. The van der Waals surface area contributed by atoms with Crippen molar-refractivity contribution in [3.05, 3.63) is 59.1 Å². The third-order valence-electron chi connectivity index (χ3n) is 2.97. The van der Waals surface area contributed by atoms with E-state index in [-0.39, 0.29) is 11.8 Å². The van der Waals surface area contributed by atoms with E-state index in [0.29, 0.717) is 28.4 Å². The zero-order valence-corrected chi connectivity index (χ0v) is 13.0. The van der Waals surface area contributed by atoms with E-state index in [0.717, 1.165) is 6.42 Å². The van der Waals surface area contributed by atoms with Crippen LogP contribution >= 0.6 is 11.6 Å². The molecule has 2 aromatic rings. The summed E-state index contributed by atoms with van der Waals surface area (Å²) in [5.74, 6) is -0.316. The van der Waals surface area contributed by atoms with Crippen molar-refractivity contribution in [2.24, 2.45) is 0 Å². The van der Waals surface area contributed by atoms with E-state index >= 15 is 0 Å². The van der Waals surface area contributed by atoms with E-state index in [9.17, 15) is 9.59 Å². The van der Waals surface area contributed by atoms with Gasteiger partial charge in [0.25, 0.3) is 5.91 Å². The highest BCUT2D eigenvalue weighted by molar-refractivity contribution is 6.31. The van der Waals surface area contributed by atoms with Crippen LogP contribution < -0.4 is 10.6 Å². The summed E-state index contributed by atoms with van der Waals surface area (Å²) in [7, 11) is 0. The van der Waals surface area contributed by atoms with Crippen LogP contribution in [0.1, 0.15) is 30.1 Å². The molecule has 0 fully saturated rings. The van der Waals surface area contributed by atoms with Crippen LogP contribution in [0, 0.1) is 0 Å². The molecule has 114 valence electrons. The number of carbonyl (C=O) groups is 2. The number of rotatable bonds is 5. The molecule has 5 heteroatoms. The fourth-order valence-corrected chi connectivity index (χ4v) is 2.15. The predicted octanol–water partition coefficient (Wildman–Crippen LogP) is 4.33. The molecular formula is C17H17ClN2O2. The molecule has 2 N–H and O–H groups in total. The second-order valence-electron chi connectivity index (χ2n) is 4.84. The molecule has 0 aliphatic rings. The first-order chi connectivity index (χ1) is 10.6. The molecule has 0 unspecified atom stereocenters. The van der Waals surface area contributed by atoms with E-state index < -0.39 is 0 Å². The van der Waals surface area contributed by atoms with Gasteiger partial charge >= 0.3 is 0 Å². The average molecular weight is 317 g/mol. The minimum atomic E-state index is -0.256. The fraction of sp³-hybridized carbons (Fsp3) is 0.176. The zero-order chi connectivity index (χ0) is 15.9. The molecule has 0 radical (unpaired) electrons. The van der Waals surface area contributed by atoms with Gasteiger partial charge in [0.15, 0.2) is 0 Å². The number of nitrogens with one attached hydrogen (secondary N) is 2. The third kappa shape index (κ3) is 4.60. The van der Waals surface area contributed by atoms with Gasteiger partial charge in [0, 0.05) is 28.4 Å². The molecule has 4 nitrogen and oxygen atoms in total. The number of amides is 2. The van der Waals surface area contributed by atoms with Crippen molar-refractivity contribution in [3.8, 4) is 0 Å². The van der Waals surface area contributed by atoms with Gasteiger partial charge in [-0.3, -0.25) is 9.59 Å². The van der Waals surface area contributed by atoms with Crippen LogP contribution in [-0.4, -0.2) is 11.8 Å². The Morgan fingerprint density at radius 2 is 1.68 bits per heavy atom.